The van der Waals surface area contributed by atoms with Crippen molar-refractivity contribution in [3.05, 3.63) is 0 Å². The van der Waals surface area contributed by atoms with Gasteiger partial charge in [0.15, 0.2) is 0 Å². The third-order valence-corrected chi connectivity index (χ3v) is 2.34. The van der Waals surface area contributed by atoms with Gasteiger partial charge in [-0.05, 0) is 0 Å². The van der Waals surface area contributed by atoms with Gasteiger partial charge in [-0.25, -0.2) is 8.42 Å². The van der Waals surface area contributed by atoms with Crippen molar-refractivity contribution in [2.24, 2.45) is 0 Å². The summed E-state index contributed by atoms with van der Waals surface area (Å²) in [6, 6.07) is 0. The molecule has 0 aromatic heterocycles. The lowest BCUT2D eigenvalue weighted by atomic mass is 10.6. The molecule has 74 valence electrons. The molecule has 0 aliphatic carbocycles. The van der Waals surface area contributed by atoms with Crippen LogP contribution in [0.5, 0.6) is 0 Å². The number of nitrogens with zero attached hydrogens (tertiary/aromatic N) is 1. The molecule has 0 spiro atoms. The van der Waals surface area contributed by atoms with Crippen LogP contribution < -0.4 is 0 Å². The Morgan fingerprint density at radius 2 is 1.75 bits per heavy atom. The Hall–Kier alpha value is -0.130. The van der Waals surface area contributed by atoms with E-state index in [1.54, 1.807) is 5.06 Å². The zero-order chi connectivity index (χ0) is 9.61. The lowest BCUT2D eigenvalue weighted by Crippen LogP contribution is -2.26. The van der Waals surface area contributed by atoms with Gasteiger partial charge >= 0.3 is 0 Å². The summed E-state index contributed by atoms with van der Waals surface area (Å²) in [5.41, 5.74) is 0. The van der Waals surface area contributed by atoms with Gasteiger partial charge in [-0.2, -0.15) is 5.06 Å². The lowest BCUT2D eigenvalue weighted by Gasteiger charge is -2.16. The van der Waals surface area contributed by atoms with Crippen LogP contribution in [0.1, 0.15) is 13.8 Å². The first-order valence-electron chi connectivity index (χ1n) is 4.05. The molecule has 0 aliphatic heterocycles. The molecule has 0 atom stereocenters. The second-order valence-corrected chi connectivity index (χ2v) is 4.84. The standard InChI is InChI=1S/C7H17NO3S/c1-4-8(5-2)11-6-7-12(3,9)10/h4-7H2,1-3H3. The fourth-order valence-corrected chi connectivity index (χ4v) is 1.10. The third kappa shape index (κ3) is 6.57. The van der Waals surface area contributed by atoms with Gasteiger partial charge in [-0.3, -0.25) is 4.84 Å². The maximum atomic E-state index is 10.7. The predicted octanol–water partition coefficient (Wildman–Crippen LogP) is 0.304. The molecule has 0 saturated carbocycles. The normalized spacial score (nSPS) is 12.3. The highest BCUT2D eigenvalue weighted by Crippen LogP contribution is 1.90. The average molecular weight is 195 g/mol. The van der Waals surface area contributed by atoms with Crippen LogP contribution in [-0.4, -0.2) is 45.2 Å². The molecule has 5 heteroatoms. The molecule has 0 radical (unpaired) electrons. The fraction of sp³-hybridized carbons (Fsp3) is 1.00. The molecule has 0 aromatic rings. The number of hydrogen-bond acceptors (Lipinski definition) is 4. The maximum absolute atomic E-state index is 10.7. The largest absolute Gasteiger partial charge is 0.298 e. The van der Waals surface area contributed by atoms with Crippen LogP contribution >= 0.6 is 0 Å². The van der Waals surface area contributed by atoms with E-state index in [1.807, 2.05) is 13.8 Å². The molecule has 0 rings (SSSR count). The summed E-state index contributed by atoms with van der Waals surface area (Å²) in [5.74, 6) is 0.0868. The van der Waals surface area contributed by atoms with E-state index in [0.717, 1.165) is 13.1 Å². The van der Waals surface area contributed by atoms with Crippen molar-refractivity contribution in [1.29, 1.82) is 0 Å². The van der Waals surface area contributed by atoms with Crippen LogP contribution in [0.25, 0.3) is 0 Å². The SMILES string of the molecule is CCN(CC)OCCS(C)(=O)=O. The van der Waals surface area contributed by atoms with Gasteiger partial charge in [-0.1, -0.05) is 13.8 Å². The molecule has 12 heavy (non-hydrogen) atoms. The second kappa shape index (κ2) is 5.50. The molecule has 0 amide bonds. The quantitative estimate of drug-likeness (QED) is 0.572. The molecule has 0 aromatic carbocycles. The van der Waals surface area contributed by atoms with Crippen molar-refractivity contribution in [2.75, 3.05) is 31.7 Å². The van der Waals surface area contributed by atoms with E-state index < -0.39 is 9.84 Å². The minimum Gasteiger partial charge on any atom is -0.298 e. The third-order valence-electron chi connectivity index (χ3n) is 1.43. The van der Waals surface area contributed by atoms with E-state index in [0.29, 0.717) is 0 Å². The van der Waals surface area contributed by atoms with Crippen LogP contribution in [0.2, 0.25) is 0 Å². The van der Waals surface area contributed by atoms with Gasteiger partial charge in [0.05, 0.1) is 12.4 Å². The smallest absolute Gasteiger partial charge is 0.149 e. The second-order valence-electron chi connectivity index (χ2n) is 2.58. The summed E-state index contributed by atoms with van der Waals surface area (Å²) >= 11 is 0. The van der Waals surface area contributed by atoms with Crippen molar-refractivity contribution in [3.63, 3.8) is 0 Å². The maximum Gasteiger partial charge on any atom is 0.149 e. The Morgan fingerprint density at radius 1 is 1.25 bits per heavy atom. The zero-order valence-electron chi connectivity index (χ0n) is 7.91. The summed E-state index contributed by atoms with van der Waals surface area (Å²) in [5, 5.41) is 1.73. The Labute approximate surface area is 74.4 Å². The molecule has 4 nitrogen and oxygen atoms in total. The van der Waals surface area contributed by atoms with Gasteiger partial charge in [0.25, 0.3) is 0 Å². The Kier molecular flexibility index (Phi) is 5.44. The van der Waals surface area contributed by atoms with E-state index >= 15 is 0 Å². The molecule has 0 fully saturated rings. The van der Waals surface area contributed by atoms with Gasteiger partial charge < -0.3 is 0 Å². The summed E-state index contributed by atoms with van der Waals surface area (Å²) in [6.07, 6.45) is 1.21. The summed E-state index contributed by atoms with van der Waals surface area (Å²) < 4.78 is 21.4. The van der Waals surface area contributed by atoms with Crippen LogP contribution in [0.4, 0.5) is 0 Å². The van der Waals surface area contributed by atoms with Crippen molar-refractivity contribution in [2.45, 2.75) is 13.8 Å². The molecule has 0 heterocycles. The van der Waals surface area contributed by atoms with Crippen molar-refractivity contribution in [1.82, 2.24) is 5.06 Å². The first kappa shape index (κ1) is 11.9. The summed E-state index contributed by atoms with van der Waals surface area (Å²) in [6.45, 7) is 5.73. The molecule has 0 aliphatic rings. The molecular formula is C7H17NO3S. The van der Waals surface area contributed by atoms with E-state index in [1.165, 1.54) is 6.26 Å². The first-order valence-corrected chi connectivity index (χ1v) is 6.11. The average Bonchev–Trinajstić information content (AvgIpc) is 1.96. The zero-order valence-corrected chi connectivity index (χ0v) is 8.73. The van der Waals surface area contributed by atoms with E-state index in [-0.39, 0.29) is 12.4 Å². The Bertz CT molecular complexity index is 197. The fourth-order valence-electron chi connectivity index (χ4n) is 0.724. The van der Waals surface area contributed by atoms with Crippen molar-refractivity contribution < 1.29 is 13.3 Å². The lowest BCUT2D eigenvalue weighted by molar-refractivity contribution is -0.146. The minimum atomic E-state index is -2.89. The Balaban J connectivity index is 3.55. The van der Waals surface area contributed by atoms with E-state index in [2.05, 4.69) is 0 Å². The highest BCUT2D eigenvalue weighted by Gasteiger charge is 2.04. The predicted molar refractivity (Wildman–Crippen MR) is 48.6 cm³/mol. The number of hydroxylamine groups is 2. The highest BCUT2D eigenvalue weighted by molar-refractivity contribution is 7.90. The number of rotatable bonds is 6. The van der Waals surface area contributed by atoms with Crippen LogP contribution in [-0.2, 0) is 14.7 Å². The molecule has 0 unspecified atom stereocenters. The first-order chi connectivity index (χ1) is 5.49. The van der Waals surface area contributed by atoms with E-state index in [4.69, 9.17) is 4.84 Å². The number of hydrogen-bond donors (Lipinski definition) is 0. The van der Waals surface area contributed by atoms with Crippen molar-refractivity contribution in [3.8, 4) is 0 Å². The van der Waals surface area contributed by atoms with Gasteiger partial charge in [0, 0.05) is 19.3 Å². The Morgan fingerprint density at radius 3 is 2.08 bits per heavy atom. The van der Waals surface area contributed by atoms with Crippen LogP contribution in [0.3, 0.4) is 0 Å². The van der Waals surface area contributed by atoms with Gasteiger partial charge in [0.1, 0.15) is 9.84 Å². The highest BCUT2D eigenvalue weighted by atomic mass is 32.2. The van der Waals surface area contributed by atoms with Crippen molar-refractivity contribution >= 4 is 9.84 Å². The molecule has 0 N–H and O–H groups in total. The minimum absolute atomic E-state index is 0.0868. The number of sulfone groups is 1. The molecular weight excluding hydrogens is 178 g/mol. The summed E-state index contributed by atoms with van der Waals surface area (Å²) in [4.78, 5) is 5.17. The van der Waals surface area contributed by atoms with Gasteiger partial charge in [-0.15, -0.1) is 0 Å². The molecule has 0 bridgehead atoms. The van der Waals surface area contributed by atoms with Crippen LogP contribution in [0, 0.1) is 0 Å². The molecule has 0 saturated heterocycles. The monoisotopic (exact) mass is 195 g/mol. The topological polar surface area (TPSA) is 46.6 Å². The van der Waals surface area contributed by atoms with Gasteiger partial charge in [0.2, 0.25) is 0 Å². The van der Waals surface area contributed by atoms with Crippen LogP contribution in [0.15, 0.2) is 0 Å². The summed E-state index contributed by atoms with van der Waals surface area (Å²) in [7, 11) is -2.89. The van der Waals surface area contributed by atoms with E-state index in [9.17, 15) is 8.42 Å².